The maximum Gasteiger partial charge on any atom is 0.224 e. The summed E-state index contributed by atoms with van der Waals surface area (Å²) in [5.74, 6) is -0.0323. The van der Waals surface area contributed by atoms with Crippen molar-refractivity contribution in [2.75, 3.05) is 5.32 Å². The zero-order valence-electron chi connectivity index (χ0n) is 12.5. The van der Waals surface area contributed by atoms with Gasteiger partial charge in [-0.25, -0.2) is 0 Å². The highest BCUT2D eigenvalue weighted by atomic mass is 16.1. The molecular formula is C17H21N3O. The SMILES string of the molecule is Cc1ccc(NC(=O)CCC(N)c2ccccc2)c(C)n1. The van der Waals surface area contributed by atoms with Crippen LogP contribution in [0, 0.1) is 13.8 Å². The van der Waals surface area contributed by atoms with Gasteiger partial charge in [0.2, 0.25) is 5.91 Å². The van der Waals surface area contributed by atoms with E-state index in [-0.39, 0.29) is 11.9 Å². The van der Waals surface area contributed by atoms with Crippen LogP contribution in [0.2, 0.25) is 0 Å². The quantitative estimate of drug-likeness (QED) is 0.886. The molecule has 2 aromatic rings. The van der Waals surface area contributed by atoms with Crippen molar-refractivity contribution in [3.63, 3.8) is 0 Å². The van der Waals surface area contributed by atoms with E-state index in [2.05, 4.69) is 10.3 Å². The molecule has 0 aliphatic heterocycles. The summed E-state index contributed by atoms with van der Waals surface area (Å²) in [6, 6.07) is 13.5. The average Bonchev–Trinajstić information content (AvgIpc) is 2.48. The van der Waals surface area contributed by atoms with Gasteiger partial charge in [-0.15, -0.1) is 0 Å². The molecule has 0 saturated carbocycles. The van der Waals surface area contributed by atoms with Gasteiger partial charge in [-0.1, -0.05) is 30.3 Å². The molecule has 0 bridgehead atoms. The summed E-state index contributed by atoms with van der Waals surface area (Å²) in [6.07, 6.45) is 1.01. The number of aromatic nitrogens is 1. The first-order valence-electron chi connectivity index (χ1n) is 7.11. The molecule has 110 valence electrons. The lowest BCUT2D eigenvalue weighted by Crippen LogP contribution is -2.17. The molecule has 0 fully saturated rings. The van der Waals surface area contributed by atoms with Crippen LogP contribution in [0.3, 0.4) is 0 Å². The second-order valence-corrected chi connectivity index (χ2v) is 5.19. The highest BCUT2D eigenvalue weighted by molar-refractivity contribution is 5.91. The number of nitrogens with zero attached hydrogens (tertiary/aromatic N) is 1. The zero-order chi connectivity index (χ0) is 15.2. The molecule has 1 heterocycles. The summed E-state index contributed by atoms with van der Waals surface area (Å²) in [6.45, 7) is 3.82. The van der Waals surface area contributed by atoms with Crippen LogP contribution in [0.15, 0.2) is 42.5 Å². The maximum atomic E-state index is 12.0. The van der Waals surface area contributed by atoms with E-state index in [0.29, 0.717) is 12.8 Å². The fourth-order valence-corrected chi connectivity index (χ4v) is 2.18. The average molecular weight is 283 g/mol. The van der Waals surface area contributed by atoms with Gasteiger partial charge >= 0.3 is 0 Å². The second-order valence-electron chi connectivity index (χ2n) is 5.19. The molecule has 1 atom stereocenters. The molecule has 1 aromatic heterocycles. The first-order chi connectivity index (χ1) is 10.1. The Morgan fingerprint density at radius 1 is 1.19 bits per heavy atom. The number of pyridine rings is 1. The summed E-state index contributed by atoms with van der Waals surface area (Å²) in [4.78, 5) is 16.3. The van der Waals surface area contributed by atoms with Crippen molar-refractivity contribution < 1.29 is 4.79 Å². The van der Waals surface area contributed by atoms with Crippen molar-refractivity contribution in [2.24, 2.45) is 5.73 Å². The van der Waals surface area contributed by atoms with E-state index < -0.39 is 0 Å². The van der Waals surface area contributed by atoms with Crippen LogP contribution < -0.4 is 11.1 Å². The minimum Gasteiger partial charge on any atom is -0.325 e. The van der Waals surface area contributed by atoms with E-state index in [1.165, 1.54) is 0 Å². The molecule has 0 saturated heterocycles. The van der Waals surface area contributed by atoms with Crippen molar-refractivity contribution in [3.05, 3.63) is 59.4 Å². The van der Waals surface area contributed by atoms with Gasteiger partial charge in [-0.2, -0.15) is 0 Å². The van der Waals surface area contributed by atoms with Crippen LogP contribution in [0.25, 0.3) is 0 Å². The highest BCUT2D eigenvalue weighted by Crippen LogP contribution is 2.17. The number of benzene rings is 1. The molecule has 1 aromatic carbocycles. The van der Waals surface area contributed by atoms with E-state index in [4.69, 9.17) is 5.73 Å². The Balaban J connectivity index is 1.87. The Morgan fingerprint density at radius 2 is 1.90 bits per heavy atom. The standard InChI is InChI=1S/C17H21N3O/c1-12-8-10-16(13(2)19-12)20-17(21)11-9-15(18)14-6-4-3-5-7-14/h3-8,10,15H,9,11,18H2,1-2H3,(H,20,21). The maximum absolute atomic E-state index is 12.0. The Kier molecular flexibility index (Phi) is 5.06. The van der Waals surface area contributed by atoms with Crippen molar-refractivity contribution >= 4 is 11.6 Å². The summed E-state index contributed by atoms with van der Waals surface area (Å²) >= 11 is 0. The summed E-state index contributed by atoms with van der Waals surface area (Å²) in [5, 5.41) is 2.89. The lowest BCUT2D eigenvalue weighted by molar-refractivity contribution is -0.116. The minimum absolute atomic E-state index is 0.0323. The van der Waals surface area contributed by atoms with E-state index in [9.17, 15) is 4.79 Å². The molecule has 1 amide bonds. The molecule has 2 rings (SSSR count). The van der Waals surface area contributed by atoms with E-state index in [0.717, 1.165) is 22.6 Å². The van der Waals surface area contributed by atoms with Gasteiger partial charge in [-0.05, 0) is 38.0 Å². The number of carbonyl (C=O) groups excluding carboxylic acids is 1. The highest BCUT2D eigenvalue weighted by Gasteiger charge is 2.10. The molecule has 4 nitrogen and oxygen atoms in total. The number of rotatable bonds is 5. The molecule has 0 radical (unpaired) electrons. The van der Waals surface area contributed by atoms with Gasteiger partial charge in [0.05, 0.1) is 11.4 Å². The summed E-state index contributed by atoms with van der Waals surface area (Å²) in [7, 11) is 0. The molecule has 0 aliphatic carbocycles. The number of amides is 1. The predicted octanol–water partition coefficient (Wildman–Crippen LogP) is 3.12. The Labute approximate surface area is 125 Å². The first kappa shape index (κ1) is 15.2. The molecule has 0 spiro atoms. The van der Waals surface area contributed by atoms with E-state index in [1.807, 2.05) is 56.3 Å². The minimum atomic E-state index is -0.116. The fourth-order valence-electron chi connectivity index (χ4n) is 2.18. The van der Waals surface area contributed by atoms with Crippen LogP contribution >= 0.6 is 0 Å². The van der Waals surface area contributed by atoms with Crippen LogP contribution in [-0.4, -0.2) is 10.9 Å². The van der Waals surface area contributed by atoms with Crippen molar-refractivity contribution in [2.45, 2.75) is 32.7 Å². The third-order valence-electron chi connectivity index (χ3n) is 3.41. The molecule has 1 unspecified atom stereocenters. The van der Waals surface area contributed by atoms with Crippen molar-refractivity contribution in [3.8, 4) is 0 Å². The van der Waals surface area contributed by atoms with Crippen molar-refractivity contribution in [1.82, 2.24) is 4.98 Å². The number of carbonyl (C=O) groups is 1. The van der Waals surface area contributed by atoms with Gasteiger partial charge in [-0.3, -0.25) is 9.78 Å². The Morgan fingerprint density at radius 3 is 2.57 bits per heavy atom. The monoisotopic (exact) mass is 283 g/mol. The second kappa shape index (κ2) is 6.99. The number of hydrogen-bond acceptors (Lipinski definition) is 3. The van der Waals surface area contributed by atoms with Crippen LogP contribution in [0.4, 0.5) is 5.69 Å². The topological polar surface area (TPSA) is 68.0 Å². The van der Waals surface area contributed by atoms with Crippen LogP contribution in [-0.2, 0) is 4.79 Å². The van der Waals surface area contributed by atoms with E-state index >= 15 is 0 Å². The molecule has 3 N–H and O–H groups in total. The van der Waals surface area contributed by atoms with Crippen molar-refractivity contribution in [1.29, 1.82) is 0 Å². The number of anilines is 1. The number of hydrogen-bond donors (Lipinski definition) is 2. The third-order valence-corrected chi connectivity index (χ3v) is 3.41. The van der Waals surface area contributed by atoms with Gasteiger partial charge in [0, 0.05) is 18.2 Å². The fraction of sp³-hybridized carbons (Fsp3) is 0.294. The summed E-state index contributed by atoms with van der Waals surface area (Å²) in [5.41, 5.74) is 9.68. The largest absolute Gasteiger partial charge is 0.325 e. The van der Waals surface area contributed by atoms with E-state index in [1.54, 1.807) is 0 Å². The van der Waals surface area contributed by atoms with Gasteiger partial charge in [0.25, 0.3) is 0 Å². The Bertz CT molecular complexity index is 611. The number of nitrogens with one attached hydrogen (secondary N) is 1. The van der Waals surface area contributed by atoms with Gasteiger partial charge in [0.15, 0.2) is 0 Å². The lowest BCUT2D eigenvalue weighted by Gasteiger charge is -2.12. The zero-order valence-corrected chi connectivity index (χ0v) is 12.5. The smallest absolute Gasteiger partial charge is 0.224 e. The molecular weight excluding hydrogens is 262 g/mol. The third kappa shape index (κ3) is 4.39. The predicted molar refractivity (Wildman–Crippen MR) is 84.9 cm³/mol. The van der Waals surface area contributed by atoms with Gasteiger partial charge < -0.3 is 11.1 Å². The Hall–Kier alpha value is -2.20. The van der Waals surface area contributed by atoms with Gasteiger partial charge in [0.1, 0.15) is 0 Å². The normalized spacial score (nSPS) is 12.0. The first-order valence-corrected chi connectivity index (χ1v) is 7.11. The lowest BCUT2D eigenvalue weighted by atomic mass is 10.0. The van der Waals surface area contributed by atoms with Crippen LogP contribution in [0.5, 0.6) is 0 Å². The molecule has 0 aliphatic rings. The number of aryl methyl sites for hydroxylation is 2. The summed E-state index contributed by atoms with van der Waals surface area (Å²) < 4.78 is 0. The molecule has 21 heavy (non-hydrogen) atoms. The molecule has 4 heteroatoms. The number of nitrogens with two attached hydrogens (primary N) is 1. The van der Waals surface area contributed by atoms with Crippen LogP contribution in [0.1, 0.15) is 35.8 Å².